The summed E-state index contributed by atoms with van der Waals surface area (Å²) in [5, 5.41) is 1.30. The average Bonchev–Trinajstić information content (AvgIpc) is 2.35. The number of aromatic nitrogens is 2. The van der Waals surface area contributed by atoms with Crippen LogP contribution >= 0.6 is 0 Å². The van der Waals surface area contributed by atoms with Crippen molar-refractivity contribution >= 4 is 11.0 Å². The summed E-state index contributed by atoms with van der Waals surface area (Å²) in [5.41, 5.74) is 2.49. The second-order valence-corrected chi connectivity index (χ2v) is 2.85. The fraction of sp³-hybridized carbons (Fsp3) is 0.222. The van der Waals surface area contributed by atoms with Crippen LogP contribution in [0.15, 0.2) is 24.5 Å². The molecule has 56 valence electrons. The van der Waals surface area contributed by atoms with Crippen molar-refractivity contribution in [2.45, 2.75) is 6.92 Å². The number of rotatable bonds is 0. The predicted octanol–water partition coefficient (Wildman–Crippen LogP) is 1.30. The Morgan fingerprint density at radius 2 is 2.27 bits per heavy atom. The SMILES string of the molecule is Cc1c[nH]c2c1ccc[n+]2C. The lowest BCUT2D eigenvalue weighted by atomic mass is 10.2. The second-order valence-electron chi connectivity index (χ2n) is 2.85. The van der Waals surface area contributed by atoms with Gasteiger partial charge in [0.05, 0.1) is 24.8 Å². The Labute approximate surface area is 65.5 Å². The first-order chi connectivity index (χ1) is 5.29. The third-order valence-corrected chi connectivity index (χ3v) is 2.03. The van der Waals surface area contributed by atoms with Gasteiger partial charge in [-0.25, -0.2) is 9.55 Å². The number of pyridine rings is 1. The van der Waals surface area contributed by atoms with Gasteiger partial charge < -0.3 is 0 Å². The number of hydrogen-bond acceptors (Lipinski definition) is 0. The zero-order valence-corrected chi connectivity index (χ0v) is 6.76. The fourth-order valence-corrected chi connectivity index (χ4v) is 1.36. The number of H-pyrrole nitrogens is 1. The van der Waals surface area contributed by atoms with Gasteiger partial charge >= 0.3 is 0 Å². The molecule has 0 aliphatic rings. The highest BCUT2D eigenvalue weighted by Gasteiger charge is 2.06. The topological polar surface area (TPSA) is 19.7 Å². The molecule has 0 aliphatic heterocycles. The van der Waals surface area contributed by atoms with Gasteiger partial charge in [-0.05, 0) is 19.1 Å². The molecule has 11 heavy (non-hydrogen) atoms. The van der Waals surface area contributed by atoms with E-state index >= 15 is 0 Å². The lowest BCUT2D eigenvalue weighted by Crippen LogP contribution is -2.27. The standard InChI is InChI=1S/C9H10N2/c1-7-6-10-9-8(7)4-3-5-11(9)2/h3-6H,1-2H3/p+1. The van der Waals surface area contributed by atoms with E-state index in [0.29, 0.717) is 0 Å². The smallest absolute Gasteiger partial charge is 0.247 e. The molecule has 0 saturated heterocycles. The van der Waals surface area contributed by atoms with Crippen LogP contribution < -0.4 is 4.57 Å². The number of fused-ring (bicyclic) bond motifs is 1. The van der Waals surface area contributed by atoms with Crippen LogP contribution in [-0.4, -0.2) is 4.98 Å². The van der Waals surface area contributed by atoms with Gasteiger partial charge in [-0.3, -0.25) is 0 Å². The molecule has 2 heteroatoms. The molecule has 2 nitrogen and oxygen atoms in total. The Morgan fingerprint density at radius 1 is 1.45 bits per heavy atom. The summed E-state index contributed by atoms with van der Waals surface area (Å²) >= 11 is 0. The summed E-state index contributed by atoms with van der Waals surface area (Å²) in [7, 11) is 2.04. The predicted molar refractivity (Wildman–Crippen MR) is 44.2 cm³/mol. The molecule has 0 spiro atoms. The van der Waals surface area contributed by atoms with Crippen molar-refractivity contribution in [1.29, 1.82) is 0 Å². The molecule has 0 aromatic carbocycles. The summed E-state index contributed by atoms with van der Waals surface area (Å²) in [6.45, 7) is 2.11. The van der Waals surface area contributed by atoms with Gasteiger partial charge in [0.25, 0.3) is 5.65 Å². The van der Waals surface area contributed by atoms with Crippen LogP contribution in [-0.2, 0) is 7.05 Å². The molecule has 0 saturated carbocycles. The quantitative estimate of drug-likeness (QED) is 0.542. The molecule has 2 aromatic heterocycles. The highest BCUT2D eigenvalue weighted by atomic mass is 15.0. The summed E-state index contributed by atoms with van der Waals surface area (Å²) in [6, 6.07) is 4.18. The van der Waals surface area contributed by atoms with Gasteiger partial charge in [-0.2, -0.15) is 0 Å². The first-order valence-electron chi connectivity index (χ1n) is 3.71. The van der Waals surface area contributed by atoms with Gasteiger partial charge in [-0.1, -0.05) is 0 Å². The van der Waals surface area contributed by atoms with E-state index < -0.39 is 0 Å². The van der Waals surface area contributed by atoms with Gasteiger partial charge in [0.1, 0.15) is 0 Å². The fourth-order valence-electron chi connectivity index (χ4n) is 1.36. The number of aromatic amines is 1. The van der Waals surface area contributed by atoms with Crippen LogP contribution in [0.5, 0.6) is 0 Å². The van der Waals surface area contributed by atoms with E-state index in [9.17, 15) is 0 Å². The molecule has 2 heterocycles. The molecule has 0 unspecified atom stereocenters. The van der Waals surface area contributed by atoms with E-state index in [1.807, 2.05) is 19.4 Å². The van der Waals surface area contributed by atoms with E-state index in [0.717, 1.165) is 0 Å². The minimum absolute atomic E-state index is 1.19. The van der Waals surface area contributed by atoms with Crippen LogP contribution in [0, 0.1) is 6.92 Å². The van der Waals surface area contributed by atoms with Crippen LogP contribution in [0.4, 0.5) is 0 Å². The van der Waals surface area contributed by atoms with Crippen LogP contribution in [0.1, 0.15) is 5.56 Å². The monoisotopic (exact) mass is 147 g/mol. The lowest BCUT2D eigenvalue weighted by molar-refractivity contribution is -0.646. The maximum Gasteiger partial charge on any atom is 0.286 e. The Bertz CT molecular complexity index is 387. The number of aryl methyl sites for hydroxylation is 2. The normalized spacial score (nSPS) is 10.7. The van der Waals surface area contributed by atoms with E-state index in [-0.39, 0.29) is 0 Å². The van der Waals surface area contributed by atoms with Crippen molar-refractivity contribution < 1.29 is 4.57 Å². The van der Waals surface area contributed by atoms with E-state index in [1.54, 1.807) is 0 Å². The van der Waals surface area contributed by atoms with Crippen molar-refractivity contribution in [1.82, 2.24) is 4.98 Å². The zero-order valence-electron chi connectivity index (χ0n) is 6.76. The molecular weight excluding hydrogens is 136 g/mol. The number of hydrogen-bond donors (Lipinski definition) is 1. The van der Waals surface area contributed by atoms with E-state index in [1.165, 1.54) is 16.6 Å². The summed E-state index contributed by atoms with van der Waals surface area (Å²) in [5.74, 6) is 0. The van der Waals surface area contributed by atoms with Crippen molar-refractivity contribution in [3.63, 3.8) is 0 Å². The Balaban J connectivity index is 2.94. The lowest BCUT2D eigenvalue weighted by Gasteiger charge is -1.90. The minimum atomic E-state index is 1.19. The zero-order chi connectivity index (χ0) is 7.84. The molecule has 0 fully saturated rings. The maximum atomic E-state index is 3.22. The Morgan fingerprint density at radius 3 is 3.00 bits per heavy atom. The number of nitrogens with zero attached hydrogens (tertiary/aromatic N) is 1. The van der Waals surface area contributed by atoms with E-state index in [2.05, 4.69) is 28.6 Å². The highest BCUT2D eigenvalue weighted by Crippen LogP contribution is 2.11. The summed E-state index contributed by atoms with van der Waals surface area (Å²) in [6.07, 6.45) is 4.07. The van der Waals surface area contributed by atoms with Crippen LogP contribution in [0.25, 0.3) is 11.0 Å². The van der Waals surface area contributed by atoms with E-state index in [4.69, 9.17) is 0 Å². The summed E-state index contributed by atoms with van der Waals surface area (Å²) < 4.78 is 2.09. The molecule has 2 rings (SSSR count). The van der Waals surface area contributed by atoms with Crippen LogP contribution in [0.3, 0.4) is 0 Å². The molecule has 0 atom stereocenters. The largest absolute Gasteiger partial charge is 0.286 e. The third-order valence-electron chi connectivity index (χ3n) is 2.03. The molecule has 1 N–H and O–H groups in total. The van der Waals surface area contributed by atoms with Crippen molar-refractivity contribution in [2.75, 3.05) is 0 Å². The van der Waals surface area contributed by atoms with Gasteiger partial charge in [-0.15, -0.1) is 0 Å². The first kappa shape index (κ1) is 6.40. The molecule has 0 amide bonds. The molecule has 0 aliphatic carbocycles. The molecular formula is C9H11N2+. The first-order valence-corrected chi connectivity index (χ1v) is 3.71. The van der Waals surface area contributed by atoms with Crippen molar-refractivity contribution in [3.05, 3.63) is 30.1 Å². The Kier molecular flexibility index (Phi) is 1.22. The van der Waals surface area contributed by atoms with Gasteiger partial charge in [0.15, 0.2) is 0 Å². The molecule has 2 aromatic rings. The Hall–Kier alpha value is -1.31. The molecule has 0 radical (unpaired) electrons. The second kappa shape index (κ2) is 2.09. The number of nitrogens with one attached hydrogen (secondary N) is 1. The van der Waals surface area contributed by atoms with Gasteiger partial charge in [0, 0.05) is 5.56 Å². The van der Waals surface area contributed by atoms with Crippen molar-refractivity contribution in [3.8, 4) is 0 Å². The maximum absolute atomic E-state index is 3.22. The minimum Gasteiger partial charge on any atom is -0.247 e. The third kappa shape index (κ3) is 0.827. The summed E-state index contributed by atoms with van der Waals surface area (Å²) in [4.78, 5) is 3.22. The van der Waals surface area contributed by atoms with Crippen molar-refractivity contribution in [2.24, 2.45) is 7.05 Å². The van der Waals surface area contributed by atoms with Crippen LogP contribution in [0.2, 0.25) is 0 Å². The van der Waals surface area contributed by atoms with Gasteiger partial charge in [0.2, 0.25) is 0 Å². The average molecular weight is 147 g/mol. The highest BCUT2D eigenvalue weighted by molar-refractivity contribution is 5.76. The molecule has 0 bridgehead atoms.